The average Bonchev–Trinajstić information content (AvgIpc) is 3.42. The van der Waals surface area contributed by atoms with Crippen LogP contribution in [0.2, 0.25) is 0 Å². The molecule has 6 rings (SSSR count). The maximum absolute atomic E-state index is 14.7. The molecule has 0 unspecified atom stereocenters. The fourth-order valence-corrected chi connectivity index (χ4v) is 9.81. The van der Waals surface area contributed by atoms with E-state index in [0.29, 0.717) is 0 Å². The van der Waals surface area contributed by atoms with E-state index in [4.69, 9.17) is 42.6 Å². The molecule has 2 N–H and O–H groups in total. The number of aliphatic hydroxyl groups is 2. The molecule has 20 nitrogen and oxygen atoms in total. The lowest BCUT2D eigenvalue weighted by Gasteiger charge is -2.67. The summed E-state index contributed by atoms with van der Waals surface area (Å²) in [7, 11) is 0. The van der Waals surface area contributed by atoms with Gasteiger partial charge in [0.25, 0.3) is 0 Å². The van der Waals surface area contributed by atoms with E-state index in [1.165, 1.54) is 56.4 Å². The summed E-state index contributed by atoms with van der Waals surface area (Å²) in [6.45, 7) is 7.64. The van der Waals surface area contributed by atoms with Crippen molar-refractivity contribution in [1.82, 2.24) is 4.98 Å². The molecule has 63 heavy (non-hydrogen) atoms. The van der Waals surface area contributed by atoms with Gasteiger partial charge in [0.2, 0.25) is 0 Å². The van der Waals surface area contributed by atoms with E-state index in [1.807, 2.05) is 0 Å². The number of fused-ring (bicyclic) bond motifs is 5. The molecular weight excluding hydrogens is 834 g/mol. The Labute approximate surface area is 360 Å². The van der Waals surface area contributed by atoms with Gasteiger partial charge in [-0.05, 0) is 45.0 Å². The number of cyclic esters (lactones) is 1. The highest BCUT2D eigenvalue weighted by atomic mass is 16.7. The van der Waals surface area contributed by atoms with Crippen molar-refractivity contribution in [2.24, 2.45) is 11.3 Å². The van der Waals surface area contributed by atoms with Crippen LogP contribution in [0.4, 0.5) is 0 Å². The van der Waals surface area contributed by atoms with Crippen molar-refractivity contribution < 1.29 is 91.2 Å². The maximum Gasteiger partial charge on any atom is 0.340 e. The van der Waals surface area contributed by atoms with Gasteiger partial charge in [0, 0.05) is 46.7 Å². The van der Waals surface area contributed by atoms with Crippen LogP contribution in [0.15, 0.2) is 48.7 Å². The van der Waals surface area contributed by atoms with Crippen LogP contribution in [0, 0.1) is 11.3 Å². The van der Waals surface area contributed by atoms with Crippen LogP contribution in [0.3, 0.4) is 0 Å². The molecule has 3 fully saturated rings. The predicted octanol–water partition coefficient (Wildman–Crippen LogP) is 1.44. The van der Waals surface area contributed by atoms with Crippen LogP contribution >= 0.6 is 0 Å². The monoisotopic (exact) mass is 883 g/mol. The number of benzene rings is 1. The van der Waals surface area contributed by atoms with Crippen LogP contribution in [0.5, 0.6) is 0 Å². The van der Waals surface area contributed by atoms with E-state index in [2.05, 4.69) is 4.98 Å². The molecule has 2 aliphatic carbocycles. The van der Waals surface area contributed by atoms with E-state index in [9.17, 15) is 48.6 Å². The lowest BCUT2D eigenvalue weighted by molar-refractivity contribution is -0.386. The van der Waals surface area contributed by atoms with Gasteiger partial charge in [0.15, 0.2) is 35.6 Å². The average molecular weight is 884 g/mol. The molecule has 4 aliphatic rings. The van der Waals surface area contributed by atoms with Crippen LogP contribution < -0.4 is 0 Å². The summed E-state index contributed by atoms with van der Waals surface area (Å²) in [4.78, 5) is 114. The third-order valence-corrected chi connectivity index (χ3v) is 12.5. The number of rotatable bonds is 8. The molecule has 340 valence electrons. The summed E-state index contributed by atoms with van der Waals surface area (Å²) in [6.07, 6.45) is -11.5. The summed E-state index contributed by atoms with van der Waals surface area (Å²) < 4.78 is 55.0. The highest BCUT2D eigenvalue weighted by molar-refractivity contribution is 5.92. The van der Waals surface area contributed by atoms with E-state index >= 15 is 0 Å². The number of hydrogen-bond acceptors (Lipinski definition) is 20. The second-order valence-corrected chi connectivity index (χ2v) is 16.8. The van der Waals surface area contributed by atoms with Gasteiger partial charge in [0.05, 0.1) is 22.7 Å². The molecule has 2 saturated carbocycles. The fourth-order valence-electron chi connectivity index (χ4n) is 9.81. The first-order valence-electron chi connectivity index (χ1n) is 19.9. The Morgan fingerprint density at radius 1 is 0.746 bits per heavy atom. The molecule has 0 amide bonds. The molecule has 1 aromatic heterocycles. The molecule has 3 heterocycles. The van der Waals surface area contributed by atoms with E-state index < -0.39 is 137 Å². The first-order valence-corrected chi connectivity index (χ1v) is 19.9. The third kappa shape index (κ3) is 7.56. The van der Waals surface area contributed by atoms with Crippen molar-refractivity contribution in [3.05, 3.63) is 65.5 Å². The number of esters is 8. The lowest BCUT2D eigenvalue weighted by Crippen LogP contribution is -2.89. The number of ether oxygens (including phenoxy) is 9. The van der Waals surface area contributed by atoms with Crippen molar-refractivity contribution in [3.8, 4) is 0 Å². The quantitative estimate of drug-likeness (QED) is 0.280. The standard InChI is InChI=1S/C43H49NO19/c1-20-29-27(16-13-17-44-29)37(51)56-18-39(7)28-30(57-22(3)46)34(59-24(5)48)42(19-55-21(2)45)35(60-25(6)49)31(61-36(50)26-14-11-10-12-15-26)33(62-38(52)40(20,8)53)41(9,54)43(42,63-39)32(28)58-23(4)47/h10-17,20,28,30-35,53-54H,18-19H2,1-9H3/t20-,28+,30+,31-,32+,33-,34+,35-,39-,40-,41-,42+,43-/m0/s1. The maximum atomic E-state index is 14.7. The van der Waals surface area contributed by atoms with Crippen LogP contribution in [0.25, 0.3) is 0 Å². The predicted molar refractivity (Wildman–Crippen MR) is 207 cm³/mol. The molecule has 1 saturated heterocycles. The topological polar surface area (TPSA) is 273 Å². The summed E-state index contributed by atoms with van der Waals surface area (Å²) in [6, 6.07) is 9.99. The molecule has 2 aromatic rings. The van der Waals surface area contributed by atoms with Gasteiger partial charge >= 0.3 is 47.8 Å². The minimum absolute atomic E-state index is 0.106. The highest BCUT2D eigenvalue weighted by Gasteiger charge is 2.92. The lowest BCUT2D eigenvalue weighted by atomic mass is 9.45. The van der Waals surface area contributed by atoms with E-state index in [-0.39, 0.29) is 16.8 Å². The second-order valence-electron chi connectivity index (χ2n) is 16.8. The Balaban J connectivity index is 1.81. The number of aromatic nitrogens is 1. The Hall–Kier alpha value is -5.99. The molecule has 1 spiro atoms. The van der Waals surface area contributed by atoms with E-state index in [1.54, 1.807) is 6.07 Å². The minimum Gasteiger partial charge on any atom is -0.465 e. The normalized spacial score (nSPS) is 36.8. The number of carbonyl (C=O) groups is 8. The summed E-state index contributed by atoms with van der Waals surface area (Å²) in [5, 5.41) is 25.7. The summed E-state index contributed by atoms with van der Waals surface area (Å²) in [5.41, 5.74) is -13.8. The SMILES string of the molecule is CC(=O)OC[C@]12[C@H](OC(C)=O)[C@H](OC(C)=O)[C@@H]3[C@@H](OC(C)=O)[C@@]14O[C@@]3(C)COC(=O)c1cccnc1[C@H](C)[C@](C)(O)C(=O)O[C@@H]([C@H](OC(=O)c1ccccc1)[C@@H]2OC(C)=O)[C@]4(C)O. The van der Waals surface area contributed by atoms with Gasteiger partial charge in [-0.25, -0.2) is 14.4 Å². The zero-order valence-electron chi connectivity index (χ0n) is 35.9. The summed E-state index contributed by atoms with van der Waals surface area (Å²) in [5.74, 6) is -12.1. The molecule has 13 atom stereocenters. The zero-order chi connectivity index (χ0) is 46.6. The van der Waals surface area contributed by atoms with Crippen LogP contribution in [-0.2, 0) is 71.4 Å². The number of hydrogen-bond donors (Lipinski definition) is 2. The van der Waals surface area contributed by atoms with Gasteiger partial charge in [-0.3, -0.25) is 29.0 Å². The molecule has 20 heteroatoms. The Morgan fingerprint density at radius 2 is 1.32 bits per heavy atom. The molecular formula is C43H49NO19. The van der Waals surface area contributed by atoms with Crippen molar-refractivity contribution in [1.29, 1.82) is 0 Å². The van der Waals surface area contributed by atoms with Gasteiger partial charge in [-0.15, -0.1) is 0 Å². The first-order chi connectivity index (χ1) is 29.4. The number of nitrogens with zero attached hydrogens (tertiary/aromatic N) is 1. The molecule has 4 bridgehead atoms. The van der Waals surface area contributed by atoms with Crippen LogP contribution in [0.1, 0.15) is 94.6 Å². The molecule has 1 aromatic carbocycles. The Kier molecular flexibility index (Phi) is 12.3. The van der Waals surface area contributed by atoms with Crippen molar-refractivity contribution in [2.75, 3.05) is 13.2 Å². The van der Waals surface area contributed by atoms with Gasteiger partial charge in [-0.2, -0.15) is 0 Å². The zero-order valence-corrected chi connectivity index (χ0v) is 35.9. The second kappa shape index (κ2) is 16.6. The van der Waals surface area contributed by atoms with Crippen LogP contribution in [-0.4, -0.2) is 135 Å². The van der Waals surface area contributed by atoms with Gasteiger partial charge in [0.1, 0.15) is 42.0 Å². The third-order valence-electron chi connectivity index (χ3n) is 12.5. The van der Waals surface area contributed by atoms with Crippen molar-refractivity contribution in [3.63, 3.8) is 0 Å². The Morgan fingerprint density at radius 3 is 1.89 bits per heavy atom. The highest BCUT2D eigenvalue weighted by Crippen LogP contribution is 2.70. The van der Waals surface area contributed by atoms with E-state index in [0.717, 1.165) is 48.5 Å². The molecule has 0 radical (unpaired) electrons. The smallest absolute Gasteiger partial charge is 0.340 e. The van der Waals surface area contributed by atoms with Gasteiger partial charge in [-0.1, -0.05) is 25.1 Å². The fraction of sp³-hybridized carbons (Fsp3) is 0.558. The number of pyridine rings is 1. The number of carbonyl (C=O) groups excluding carboxylic acids is 8. The van der Waals surface area contributed by atoms with Crippen molar-refractivity contribution in [2.45, 2.75) is 127 Å². The summed E-state index contributed by atoms with van der Waals surface area (Å²) >= 11 is 0. The largest absolute Gasteiger partial charge is 0.465 e. The first kappa shape index (κ1) is 46.5. The van der Waals surface area contributed by atoms with Gasteiger partial charge < -0.3 is 52.8 Å². The Bertz CT molecular complexity index is 2210. The minimum atomic E-state index is -3.00. The van der Waals surface area contributed by atoms with Crippen molar-refractivity contribution >= 4 is 47.8 Å². The molecule has 2 aliphatic heterocycles.